The summed E-state index contributed by atoms with van der Waals surface area (Å²) in [7, 11) is 1.77. The van der Waals surface area contributed by atoms with Crippen LogP contribution in [0.25, 0.3) is 0 Å². The van der Waals surface area contributed by atoms with Crippen molar-refractivity contribution in [2.24, 2.45) is 5.92 Å². The van der Waals surface area contributed by atoms with E-state index in [1.807, 2.05) is 18.2 Å². The number of likely N-dealkylation sites (tertiary alicyclic amines) is 1. The third kappa shape index (κ3) is 3.37. The van der Waals surface area contributed by atoms with Gasteiger partial charge in [-0.15, -0.1) is 0 Å². The highest BCUT2D eigenvalue weighted by molar-refractivity contribution is 6.31. The minimum atomic E-state index is 0.632. The molecule has 1 saturated heterocycles. The first-order chi connectivity index (χ1) is 8.70. The molecule has 1 unspecified atom stereocenters. The van der Waals surface area contributed by atoms with Crippen LogP contribution in [0.1, 0.15) is 18.4 Å². The average Bonchev–Trinajstić information content (AvgIpc) is 2.35. The Morgan fingerprint density at radius 2 is 2.33 bits per heavy atom. The van der Waals surface area contributed by atoms with E-state index in [0.717, 1.165) is 42.5 Å². The Kier molecular flexibility index (Phi) is 4.87. The lowest BCUT2D eigenvalue weighted by Crippen LogP contribution is -2.36. The smallest absolute Gasteiger partial charge is 0.0502 e. The number of halogens is 1. The molecular weight excluding hydrogens is 248 g/mol. The highest BCUT2D eigenvalue weighted by atomic mass is 35.5. The van der Waals surface area contributed by atoms with E-state index in [-0.39, 0.29) is 0 Å². The highest BCUT2D eigenvalue weighted by Gasteiger charge is 2.21. The largest absolute Gasteiger partial charge is 0.398 e. The molecule has 1 fully saturated rings. The molecule has 18 heavy (non-hydrogen) atoms. The molecule has 100 valence electrons. The Hall–Kier alpha value is -0.770. The molecule has 1 aliphatic heterocycles. The zero-order valence-corrected chi connectivity index (χ0v) is 11.6. The van der Waals surface area contributed by atoms with Gasteiger partial charge in [0.05, 0.1) is 6.61 Å². The Bertz CT molecular complexity index is 375. The summed E-state index contributed by atoms with van der Waals surface area (Å²) in [6.45, 7) is 3.86. The molecule has 1 heterocycles. The van der Waals surface area contributed by atoms with E-state index in [1.54, 1.807) is 7.11 Å². The Morgan fingerprint density at radius 1 is 1.50 bits per heavy atom. The van der Waals surface area contributed by atoms with Gasteiger partial charge < -0.3 is 10.5 Å². The van der Waals surface area contributed by atoms with Gasteiger partial charge in [0.2, 0.25) is 0 Å². The van der Waals surface area contributed by atoms with Gasteiger partial charge in [0, 0.05) is 36.5 Å². The molecule has 1 atom stereocenters. The van der Waals surface area contributed by atoms with Gasteiger partial charge in [0.25, 0.3) is 0 Å². The average molecular weight is 269 g/mol. The molecule has 0 radical (unpaired) electrons. The number of ether oxygens (including phenoxy) is 1. The van der Waals surface area contributed by atoms with Crippen molar-refractivity contribution in [1.82, 2.24) is 4.90 Å². The van der Waals surface area contributed by atoms with Crippen LogP contribution < -0.4 is 5.73 Å². The zero-order valence-electron chi connectivity index (χ0n) is 10.9. The van der Waals surface area contributed by atoms with Crippen molar-refractivity contribution < 1.29 is 4.74 Å². The van der Waals surface area contributed by atoms with Gasteiger partial charge in [-0.3, -0.25) is 4.90 Å². The van der Waals surface area contributed by atoms with Crippen molar-refractivity contribution in [3.8, 4) is 0 Å². The number of hydrogen-bond donors (Lipinski definition) is 1. The Labute approximate surface area is 114 Å². The molecule has 2 rings (SSSR count). The summed E-state index contributed by atoms with van der Waals surface area (Å²) >= 11 is 6.21. The molecule has 1 aromatic rings. The minimum Gasteiger partial charge on any atom is -0.398 e. The van der Waals surface area contributed by atoms with Crippen LogP contribution in [-0.4, -0.2) is 31.7 Å². The lowest BCUT2D eigenvalue weighted by Gasteiger charge is -2.32. The second-order valence-corrected chi connectivity index (χ2v) is 5.41. The van der Waals surface area contributed by atoms with Gasteiger partial charge in [-0.2, -0.15) is 0 Å². The molecule has 0 amide bonds. The van der Waals surface area contributed by atoms with Crippen LogP contribution in [0.3, 0.4) is 0 Å². The fourth-order valence-electron chi connectivity index (χ4n) is 2.63. The van der Waals surface area contributed by atoms with Gasteiger partial charge in [-0.25, -0.2) is 0 Å². The molecule has 1 aromatic carbocycles. The van der Waals surface area contributed by atoms with E-state index in [4.69, 9.17) is 22.1 Å². The molecule has 3 nitrogen and oxygen atoms in total. The van der Waals surface area contributed by atoms with E-state index < -0.39 is 0 Å². The predicted octanol–water partition coefficient (Wildman–Crippen LogP) is 2.78. The first-order valence-corrected chi connectivity index (χ1v) is 6.82. The van der Waals surface area contributed by atoms with E-state index in [0.29, 0.717) is 5.92 Å². The quantitative estimate of drug-likeness (QED) is 0.854. The van der Waals surface area contributed by atoms with Gasteiger partial charge in [0.15, 0.2) is 0 Å². The summed E-state index contributed by atoms with van der Waals surface area (Å²) < 4.78 is 5.25. The van der Waals surface area contributed by atoms with Crippen LogP contribution >= 0.6 is 11.6 Å². The van der Waals surface area contributed by atoms with Crippen molar-refractivity contribution in [1.29, 1.82) is 0 Å². The Morgan fingerprint density at radius 3 is 3.06 bits per heavy atom. The molecule has 0 saturated carbocycles. The van der Waals surface area contributed by atoms with Crippen molar-refractivity contribution in [3.05, 3.63) is 28.8 Å². The second kappa shape index (κ2) is 6.41. The van der Waals surface area contributed by atoms with Crippen LogP contribution in [0.5, 0.6) is 0 Å². The molecule has 0 aliphatic carbocycles. The summed E-state index contributed by atoms with van der Waals surface area (Å²) in [5.41, 5.74) is 7.84. The number of nitrogens with two attached hydrogens (primary N) is 1. The number of piperidine rings is 1. The van der Waals surface area contributed by atoms with Crippen LogP contribution in [-0.2, 0) is 11.3 Å². The molecule has 0 spiro atoms. The summed E-state index contributed by atoms with van der Waals surface area (Å²) in [6.07, 6.45) is 2.47. The van der Waals surface area contributed by atoms with Crippen LogP contribution in [0, 0.1) is 5.92 Å². The molecule has 2 N–H and O–H groups in total. The second-order valence-electron chi connectivity index (χ2n) is 5.01. The third-order valence-electron chi connectivity index (χ3n) is 3.54. The zero-order chi connectivity index (χ0) is 13.0. The SMILES string of the molecule is COCC1CCCN(Cc2c(N)cccc2Cl)C1. The summed E-state index contributed by atoms with van der Waals surface area (Å²) in [4.78, 5) is 2.42. The number of nitrogen functional groups attached to an aromatic ring is 1. The van der Waals surface area contributed by atoms with Crippen LogP contribution in [0.2, 0.25) is 5.02 Å². The maximum atomic E-state index is 6.21. The van der Waals surface area contributed by atoms with E-state index in [2.05, 4.69) is 4.90 Å². The third-order valence-corrected chi connectivity index (χ3v) is 3.90. The summed E-state index contributed by atoms with van der Waals surface area (Å²) in [5, 5.41) is 0.767. The molecular formula is C14H21ClN2O. The first kappa shape index (κ1) is 13.7. The predicted molar refractivity (Wildman–Crippen MR) is 75.7 cm³/mol. The van der Waals surface area contributed by atoms with E-state index in [1.165, 1.54) is 12.8 Å². The lowest BCUT2D eigenvalue weighted by molar-refractivity contribution is 0.0875. The number of benzene rings is 1. The lowest BCUT2D eigenvalue weighted by atomic mass is 9.98. The first-order valence-electron chi connectivity index (χ1n) is 6.45. The Balaban J connectivity index is 2.00. The normalized spacial score (nSPS) is 21.1. The maximum absolute atomic E-state index is 6.21. The summed E-state index contributed by atoms with van der Waals surface area (Å²) in [6, 6.07) is 5.72. The van der Waals surface area contributed by atoms with Gasteiger partial charge in [-0.1, -0.05) is 17.7 Å². The van der Waals surface area contributed by atoms with Crippen molar-refractivity contribution in [2.75, 3.05) is 32.5 Å². The fourth-order valence-corrected chi connectivity index (χ4v) is 2.87. The minimum absolute atomic E-state index is 0.632. The van der Waals surface area contributed by atoms with Crippen molar-refractivity contribution in [3.63, 3.8) is 0 Å². The number of nitrogens with zero attached hydrogens (tertiary/aromatic N) is 1. The number of rotatable bonds is 4. The van der Waals surface area contributed by atoms with Crippen molar-refractivity contribution in [2.45, 2.75) is 19.4 Å². The number of anilines is 1. The van der Waals surface area contributed by atoms with E-state index in [9.17, 15) is 0 Å². The van der Waals surface area contributed by atoms with Crippen LogP contribution in [0.15, 0.2) is 18.2 Å². The van der Waals surface area contributed by atoms with Gasteiger partial charge in [-0.05, 0) is 37.4 Å². The van der Waals surface area contributed by atoms with Gasteiger partial charge >= 0.3 is 0 Å². The number of methoxy groups -OCH3 is 1. The topological polar surface area (TPSA) is 38.5 Å². The standard InChI is InChI=1S/C14H21ClN2O/c1-18-10-11-4-3-7-17(8-11)9-12-13(15)5-2-6-14(12)16/h2,5-6,11H,3-4,7-10,16H2,1H3. The molecule has 4 heteroatoms. The fraction of sp³-hybridized carbons (Fsp3) is 0.571. The monoisotopic (exact) mass is 268 g/mol. The van der Waals surface area contributed by atoms with Crippen molar-refractivity contribution >= 4 is 17.3 Å². The van der Waals surface area contributed by atoms with Crippen LogP contribution in [0.4, 0.5) is 5.69 Å². The van der Waals surface area contributed by atoms with Gasteiger partial charge in [0.1, 0.15) is 0 Å². The molecule has 1 aliphatic rings. The summed E-state index contributed by atoms with van der Waals surface area (Å²) in [5.74, 6) is 0.632. The molecule has 0 aromatic heterocycles. The van der Waals surface area contributed by atoms with E-state index >= 15 is 0 Å². The molecule has 0 bridgehead atoms. The number of hydrogen-bond acceptors (Lipinski definition) is 3. The highest BCUT2D eigenvalue weighted by Crippen LogP contribution is 2.26. The maximum Gasteiger partial charge on any atom is 0.0502 e.